The van der Waals surface area contributed by atoms with Crippen LogP contribution < -0.4 is 5.43 Å². The molecule has 2 N–H and O–H groups in total. The molecule has 1 aliphatic rings. The van der Waals surface area contributed by atoms with E-state index < -0.39 is 5.97 Å². The van der Waals surface area contributed by atoms with Gasteiger partial charge in [0.1, 0.15) is 0 Å². The van der Waals surface area contributed by atoms with E-state index in [1.165, 1.54) is 19.3 Å². The Bertz CT molecular complexity index is 305. The second-order valence-corrected chi connectivity index (χ2v) is 5.86. The van der Waals surface area contributed by atoms with Crippen molar-refractivity contribution in [1.29, 1.82) is 0 Å². The summed E-state index contributed by atoms with van der Waals surface area (Å²) >= 11 is 0. The Kier molecular flexibility index (Phi) is 5.63. The van der Waals surface area contributed by atoms with Gasteiger partial charge in [-0.2, -0.15) is 5.10 Å². The minimum Gasteiger partial charge on any atom is -0.477 e. The van der Waals surface area contributed by atoms with E-state index in [9.17, 15) is 9.90 Å². The first-order valence-electron chi connectivity index (χ1n) is 7.04. The number of nitrogens with zero attached hydrogens (tertiary/aromatic N) is 1. The van der Waals surface area contributed by atoms with Crippen molar-refractivity contribution in [3.05, 3.63) is 0 Å². The second-order valence-electron chi connectivity index (χ2n) is 5.86. The van der Waals surface area contributed by atoms with Crippen LogP contribution in [0.1, 0.15) is 65.7 Å². The highest BCUT2D eigenvalue weighted by Crippen LogP contribution is 2.25. The summed E-state index contributed by atoms with van der Waals surface area (Å²) in [7, 11) is 0. The average molecular weight is 254 g/mol. The van der Waals surface area contributed by atoms with Crippen LogP contribution in [-0.4, -0.2) is 22.8 Å². The van der Waals surface area contributed by atoms with Crippen LogP contribution in [0.3, 0.4) is 0 Å². The fraction of sp³-hybridized carbons (Fsp3) is 0.857. The third-order valence-corrected chi connectivity index (χ3v) is 3.68. The topological polar surface area (TPSA) is 61.7 Å². The molecule has 0 aromatic heterocycles. The third kappa shape index (κ3) is 4.31. The lowest BCUT2D eigenvalue weighted by molar-refractivity contribution is -0.130. The van der Waals surface area contributed by atoms with E-state index in [4.69, 9.17) is 0 Å². The lowest BCUT2D eigenvalue weighted by Gasteiger charge is -2.26. The van der Waals surface area contributed by atoms with Crippen LogP contribution in [0.2, 0.25) is 0 Å². The zero-order valence-corrected chi connectivity index (χ0v) is 11.8. The second kappa shape index (κ2) is 6.76. The molecule has 0 atom stereocenters. The molecule has 1 saturated carbocycles. The van der Waals surface area contributed by atoms with E-state index >= 15 is 0 Å². The number of nitrogens with one attached hydrogen (secondary N) is 1. The summed E-state index contributed by atoms with van der Waals surface area (Å²) in [6.07, 6.45) is 7.72. The summed E-state index contributed by atoms with van der Waals surface area (Å²) in [5.74, 6) is -0.906. The van der Waals surface area contributed by atoms with Gasteiger partial charge in [0.05, 0.1) is 0 Å². The highest BCUT2D eigenvalue weighted by molar-refractivity contribution is 6.37. The van der Waals surface area contributed by atoms with Crippen LogP contribution in [0.15, 0.2) is 5.10 Å². The first-order valence-corrected chi connectivity index (χ1v) is 7.04. The quantitative estimate of drug-likeness (QED) is 0.565. The number of carboxylic acids is 1. The normalized spacial score (nSPS) is 18.7. The van der Waals surface area contributed by atoms with Crippen molar-refractivity contribution < 1.29 is 9.90 Å². The maximum atomic E-state index is 11.3. The molecule has 104 valence electrons. The monoisotopic (exact) mass is 254 g/mol. The Balaban J connectivity index is 2.68. The molecule has 0 amide bonds. The number of aliphatic carboxylic acids is 1. The van der Waals surface area contributed by atoms with Crippen molar-refractivity contribution >= 4 is 11.7 Å². The molecule has 0 aliphatic heterocycles. The van der Waals surface area contributed by atoms with Gasteiger partial charge in [0.2, 0.25) is 0 Å². The molecular weight excluding hydrogens is 228 g/mol. The van der Waals surface area contributed by atoms with Gasteiger partial charge in [-0.1, -0.05) is 46.5 Å². The van der Waals surface area contributed by atoms with Gasteiger partial charge in [0.15, 0.2) is 5.71 Å². The molecule has 0 saturated heterocycles. The molecule has 4 nitrogen and oxygen atoms in total. The van der Waals surface area contributed by atoms with E-state index in [2.05, 4.69) is 17.5 Å². The lowest BCUT2D eigenvalue weighted by atomic mass is 9.83. The van der Waals surface area contributed by atoms with E-state index in [1.54, 1.807) is 0 Å². The van der Waals surface area contributed by atoms with Crippen LogP contribution in [0, 0.1) is 5.41 Å². The van der Waals surface area contributed by atoms with Gasteiger partial charge in [0, 0.05) is 11.5 Å². The van der Waals surface area contributed by atoms with Crippen molar-refractivity contribution in [2.45, 2.75) is 71.8 Å². The summed E-state index contributed by atoms with van der Waals surface area (Å²) in [5.41, 5.74) is 2.96. The SMILES string of the molecule is CCCC(C)(C)C(=NNC1CCCCC1)C(=O)O. The Morgan fingerprint density at radius 2 is 1.94 bits per heavy atom. The lowest BCUT2D eigenvalue weighted by Crippen LogP contribution is -2.36. The van der Waals surface area contributed by atoms with Gasteiger partial charge in [-0.3, -0.25) is 0 Å². The summed E-state index contributed by atoms with van der Waals surface area (Å²) in [4.78, 5) is 11.3. The smallest absolute Gasteiger partial charge is 0.352 e. The molecule has 18 heavy (non-hydrogen) atoms. The molecule has 0 bridgehead atoms. The Morgan fingerprint density at radius 1 is 1.33 bits per heavy atom. The van der Waals surface area contributed by atoms with Crippen molar-refractivity contribution in [3.8, 4) is 0 Å². The van der Waals surface area contributed by atoms with E-state index in [-0.39, 0.29) is 11.1 Å². The Labute approximate surface area is 110 Å². The molecular formula is C14H26N2O2. The first-order chi connectivity index (χ1) is 8.47. The van der Waals surface area contributed by atoms with Crippen molar-refractivity contribution in [2.75, 3.05) is 0 Å². The summed E-state index contributed by atoms with van der Waals surface area (Å²) in [6.45, 7) is 5.97. The van der Waals surface area contributed by atoms with Crippen molar-refractivity contribution in [3.63, 3.8) is 0 Å². The molecule has 1 aliphatic carbocycles. The molecule has 0 heterocycles. The number of hydrogen-bond acceptors (Lipinski definition) is 3. The number of carboxylic acid groups (broad SMARTS) is 1. The van der Waals surface area contributed by atoms with Gasteiger partial charge in [-0.25, -0.2) is 4.79 Å². The fourth-order valence-corrected chi connectivity index (χ4v) is 2.62. The van der Waals surface area contributed by atoms with E-state index in [1.807, 2.05) is 13.8 Å². The summed E-state index contributed by atoms with van der Waals surface area (Å²) in [6, 6.07) is 0.352. The number of rotatable bonds is 6. The summed E-state index contributed by atoms with van der Waals surface area (Å²) in [5, 5.41) is 13.5. The molecule has 0 radical (unpaired) electrons. The number of carbonyl (C=O) groups is 1. The van der Waals surface area contributed by atoms with E-state index in [0.29, 0.717) is 6.04 Å². The van der Waals surface area contributed by atoms with Gasteiger partial charge < -0.3 is 10.5 Å². The molecule has 0 aromatic carbocycles. The maximum absolute atomic E-state index is 11.3. The summed E-state index contributed by atoms with van der Waals surface area (Å²) < 4.78 is 0. The molecule has 1 fully saturated rings. The van der Waals surface area contributed by atoms with Gasteiger partial charge in [-0.05, 0) is 19.3 Å². The number of hydrogen-bond donors (Lipinski definition) is 2. The molecule has 0 aromatic rings. The molecule has 1 rings (SSSR count). The zero-order chi connectivity index (χ0) is 13.6. The van der Waals surface area contributed by atoms with Crippen LogP contribution >= 0.6 is 0 Å². The Hall–Kier alpha value is -1.06. The average Bonchev–Trinajstić information content (AvgIpc) is 2.29. The number of hydrazone groups is 1. The first kappa shape index (κ1) is 15.0. The Morgan fingerprint density at radius 3 is 2.44 bits per heavy atom. The standard InChI is InChI=1S/C14H26N2O2/c1-4-10-14(2,3)12(13(17)18)16-15-11-8-6-5-7-9-11/h11,15H,4-10H2,1-3H3,(H,17,18). The molecule has 0 spiro atoms. The minimum absolute atomic E-state index is 0.259. The highest BCUT2D eigenvalue weighted by atomic mass is 16.4. The highest BCUT2D eigenvalue weighted by Gasteiger charge is 2.30. The molecule has 4 heteroatoms. The largest absolute Gasteiger partial charge is 0.477 e. The predicted molar refractivity (Wildman–Crippen MR) is 73.8 cm³/mol. The van der Waals surface area contributed by atoms with E-state index in [0.717, 1.165) is 25.7 Å². The van der Waals surface area contributed by atoms with Crippen LogP contribution in [0.5, 0.6) is 0 Å². The van der Waals surface area contributed by atoms with Crippen molar-refractivity contribution in [2.24, 2.45) is 10.5 Å². The molecule has 0 unspecified atom stereocenters. The van der Waals surface area contributed by atoms with Gasteiger partial charge in [0.25, 0.3) is 0 Å². The van der Waals surface area contributed by atoms with Crippen molar-refractivity contribution in [1.82, 2.24) is 5.43 Å². The fourth-order valence-electron chi connectivity index (χ4n) is 2.62. The predicted octanol–water partition coefficient (Wildman–Crippen LogP) is 3.18. The van der Waals surface area contributed by atoms with Gasteiger partial charge in [-0.15, -0.1) is 0 Å². The zero-order valence-electron chi connectivity index (χ0n) is 11.8. The third-order valence-electron chi connectivity index (χ3n) is 3.68. The van der Waals surface area contributed by atoms with Gasteiger partial charge >= 0.3 is 5.97 Å². The van der Waals surface area contributed by atoms with Crippen LogP contribution in [0.4, 0.5) is 0 Å². The minimum atomic E-state index is -0.906. The van der Waals surface area contributed by atoms with Crippen LogP contribution in [0.25, 0.3) is 0 Å². The van der Waals surface area contributed by atoms with Crippen LogP contribution in [-0.2, 0) is 4.79 Å². The maximum Gasteiger partial charge on any atom is 0.352 e.